The van der Waals surface area contributed by atoms with E-state index in [4.69, 9.17) is 43.4 Å². The molecule has 4 rings (SSSR count). The van der Waals surface area contributed by atoms with Gasteiger partial charge in [0.15, 0.2) is 18.9 Å². The maximum atomic E-state index is 13.1. The number of ether oxygens (including phenoxy) is 8. The molecule has 4 aliphatic heterocycles. The Morgan fingerprint density at radius 1 is 0.847 bits per heavy atom. The van der Waals surface area contributed by atoms with Crippen molar-refractivity contribution in [3.63, 3.8) is 0 Å². The Morgan fingerprint density at radius 3 is 2.03 bits per heavy atom. The van der Waals surface area contributed by atoms with Crippen LogP contribution in [0.3, 0.4) is 0 Å². The van der Waals surface area contributed by atoms with Gasteiger partial charge in [-0.15, -0.1) is 0 Å². The summed E-state index contributed by atoms with van der Waals surface area (Å²) in [5.74, 6) is -5.92. The van der Waals surface area contributed by atoms with Crippen molar-refractivity contribution in [3.8, 4) is 0 Å². The van der Waals surface area contributed by atoms with Gasteiger partial charge in [-0.3, -0.25) is 4.79 Å². The van der Waals surface area contributed by atoms with E-state index in [2.05, 4.69) is 15.3 Å². The average Bonchev–Trinajstić information content (AvgIpc) is 3.20. The van der Waals surface area contributed by atoms with Crippen LogP contribution in [0.15, 0.2) is 5.11 Å². The molecular formula is C32H54N4O23. The third-order valence-electron chi connectivity index (χ3n) is 10.3. The van der Waals surface area contributed by atoms with E-state index in [0.29, 0.717) is 0 Å². The largest absolute Gasteiger partial charge is 0.477 e. The number of carboxylic acids is 1. The van der Waals surface area contributed by atoms with Gasteiger partial charge >= 0.3 is 5.97 Å². The Balaban J connectivity index is 1.69. The van der Waals surface area contributed by atoms with Crippen LogP contribution in [0.25, 0.3) is 10.4 Å². The van der Waals surface area contributed by atoms with E-state index in [9.17, 15) is 76.0 Å². The van der Waals surface area contributed by atoms with Gasteiger partial charge in [-0.05, 0) is 18.9 Å². The number of carbonyl (C=O) groups is 2. The quantitative estimate of drug-likeness (QED) is 0.0263. The minimum absolute atomic E-state index is 0.0650. The average molecular weight is 863 g/mol. The van der Waals surface area contributed by atoms with Gasteiger partial charge in [0.2, 0.25) is 5.91 Å². The highest BCUT2D eigenvalue weighted by Crippen LogP contribution is 2.39. The van der Waals surface area contributed by atoms with Crippen LogP contribution in [0.2, 0.25) is 0 Å². The summed E-state index contributed by atoms with van der Waals surface area (Å²) in [6, 6.07) is -1.61. The first kappa shape index (κ1) is 49.1. The number of carboxylic acid groups (broad SMARTS) is 1. The molecule has 0 aromatic heterocycles. The van der Waals surface area contributed by atoms with Crippen LogP contribution in [0.1, 0.15) is 26.7 Å². The van der Waals surface area contributed by atoms with Gasteiger partial charge in [0, 0.05) is 31.4 Å². The predicted molar refractivity (Wildman–Crippen MR) is 184 cm³/mol. The zero-order valence-electron chi connectivity index (χ0n) is 31.7. The number of rotatable bonds is 18. The number of azide groups is 1. The van der Waals surface area contributed by atoms with Crippen LogP contribution in [0.4, 0.5) is 0 Å². The van der Waals surface area contributed by atoms with Crippen molar-refractivity contribution in [3.05, 3.63) is 10.4 Å². The van der Waals surface area contributed by atoms with Crippen molar-refractivity contribution >= 4 is 11.9 Å². The van der Waals surface area contributed by atoms with Crippen LogP contribution in [-0.4, -0.2) is 240 Å². The number of aliphatic carboxylic acids is 1. The molecule has 1 amide bonds. The molecule has 4 fully saturated rings. The van der Waals surface area contributed by atoms with Gasteiger partial charge in [-0.2, -0.15) is 0 Å². The first-order chi connectivity index (χ1) is 27.9. The second-order valence-corrected chi connectivity index (χ2v) is 14.4. The molecule has 4 aliphatic rings. The fraction of sp³-hybridized carbons (Fsp3) is 0.938. The molecule has 4 heterocycles. The van der Waals surface area contributed by atoms with Gasteiger partial charge in [-0.1, -0.05) is 5.11 Å². The second kappa shape index (κ2) is 21.5. The molecule has 4 saturated heterocycles. The highest BCUT2D eigenvalue weighted by Gasteiger charge is 2.61. The van der Waals surface area contributed by atoms with E-state index in [1.54, 1.807) is 0 Å². The fourth-order valence-corrected chi connectivity index (χ4v) is 7.09. The second-order valence-electron chi connectivity index (χ2n) is 14.4. The van der Waals surface area contributed by atoms with Gasteiger partial charge in [0.05, 0.1) is 38.1 Å². The van der Waals surface area contributed by atoms with E-state index in [1.165, 1.54) is 6.92 Å². The van der Waals surface area contributed by atoms with E-state index in [0.717, 1.165) is 6.92 Å². The van der Waals surface area contributed by atoms with Crippen LogP contribution in [0, 0.1) is 0 Å². The highest BCUT2D eigenvalue weighted by molar-refractivity contribution is 5.76. The van der Waals surface area contributed by atoms with Crippen molar-refractivity contribution < 1.29 is 114 Å². The highest BCUT2D eigenvalue weighted by atomic mass is 16.8. The molecule has 0 aromatic rings. The number of amides is 1. The number of hydrogen-bond acceptors (Lipinski definition) is 23. The standard InChI is InChI=1S/C32H54N4O23/c1-10-17(43)19(45)21(47)29(53-10)56-24-14(8-38)55-30(22(48)20(24)46)57-25-15(9-39)54-28(52-5-3-4-34-36-33)23(49)27(25)59-32(31(50)51)6-12(41)16(35-11(2)40)26(58-32)18(44)13(42)7-37/h10,12-30,37-39,41-49H,3-9H2,1-2H3,(H,35,40)(H,50,51)/t10-,12-,13+,14+,15+,16+,17-,18+,19+,20+,21+,22+,23+,24+,25-,26+,27+,28+,29+,30-,32-/m0/s1. The number of hydrogen-bond donors (Lipinski definition) is 14. The molecule has 0 saturated carbocycles. The smallest absolute Gasteiger partial charge is 0.364 e. The molecule has 0 bridgehead atoms. The molecule has 0 unspecified atom stereocenters. The summed E-state index contributed by atoms with van der Waals surface area (Å²) < 4.78 is 45.5. The summed E-state index contributed by atoms with van der Waals surface area (Å²) in [7, 11) is 0. The zero-order valence-corrected chi connectivity index (χ0v) is 31.7. The summed E-state index contributed by atoms with van der Waals surface area (Å²) in [4.78, 5) is 27.7. The fourth-order valence-electron chi connectivity index (χ4n) is 7.09. The lowest BCUT2D eigenvalue weighted by atomic mass is 9.88. The molecule has 0 aliphatic carbocycles. The van der Waals surface area contributed by atoms with E-state index < -0.39 is 166 Å². The Kier molecular flexibility index (Phi) is 17.9. The van der Waals surface area contributed by atoms with Crippen molar-refractivity contribution in [2.75, 3.05) is 33.0 Å². The molecule has 21 atom stereocenters. The molecule has 14 N–H and O–H groups in total. The maximum absolute atomic E-state index is 13.1. The van der Waals surface area contributed by atoms with Gasteiger partial charge < -0.3 is 110 Å². The van der Waals surface area contributed by atoms with Crippen molar-refractivity contribution in [2.45, 2.75) is 155 Å². The molecule has 0 radical (unpaired) electrons. The predicted octanol–water partition coefficient (Wildman–Crippen LogP) is -7.65. The molecule has 27 heteroatoms. The number of carbonyl (C=O) groups excluding carboxylic acids is 1. The molecule has 59 heavy (non-hydrogen) atoms. The van der Waals surface area contributed by atoms with Crippen LogP contribution in [0.5, 0.6) is 0 Å². The Labute approximate surface area is 334 Å². The number of nitrogens with zero attached hydrogens (tertiary/aromatic N) is 3. The van der Waals surface area contributed by atoms with Crippen LogP contribution < -0.4 is 5.32 Å². The van der Waals surface area contributed by atoms with Crippen molar-refractivity contribution in [1.29, 1.82) is 0 Å². The normalized spacial score (nSPS) is 43.9. The summed E-state index contributed by atoms with van der Waals surface area (Å²) in [6.45, 7) is -1.03. The minimum Gasteiger partial charge on any atom is -0.477 e. The Bertz CT molecular complexity index is 1420. The third kappa shape index (κ3) is 11.1. The molecule has 0 aromatic carbocycles. The minimum atomic E-state index is -3.12. The lowest BCUT2D eigenvalue weighted by molar-refractivity contribution is -0.399. The summed E-state index contributed by atoms with van der Waals surface area (Å²) in [5, 5.41) is 143. The van der Waals surface area contributed by atoms with E-state index in [1.807, 2.05) is 0 Å². The summed E-state index contributed by atoms with van der Waals surface area (Å²) in [5.41, 5.74) is 8.57. The van der Waals surface area contributed by atoms with E-state index >= 15 is 0 Å². The Morgan fingerprint density at radius 2 is 1.44 bits per heavy atom. The molecule has 27 nitrogen and oxygen atoms in total. The third-order valence-corrected chi connectivity index (χ3v) is 10.3. The maximum Gasteiger partial charge on any atom is 0.364 e. The monoisotopic (exact) mass is 862 g/mol. The lowest BCUT2D eigenvalue weighted by Crippen LogP contribution is -2.71. The van der Waals surface area contributed by atoms with Crippen molar-refractivity contribution in [1.82, 2.24) is 5.32 Å². The molecular weight excluding hydrogens is 808 g/mol. The zero-order chi connectivity index (χ0) is 43.9. The van der Waals surface area contributed by atoms with Crippen LogP contribution in [-0.2, 0) is 47.5 Å². The summed E-state index contributed by atoms with van der Waals surface area (Å²) in [6.07, 6.45) is -36.5. The first-order valence-corrected chi connectivity index (χ1v) is 18.6. The van der Waals surface area contributed by atoms with Gasteiger partial charge in [0.25, 0.3) is 5.79 Å². The van der Waals surface area contributed by atoms with Crippen LogP contribution >= 0.6 is 0 Å². The SMILES string of the molecule is CC(=O)N[C@H]1[C@H]([C@H](O)[C@H](O)CO)O[C@@](O[C@@H]2[C@@H](O)[C@H](OCCCN=[N+]=[N-])O[C@H](CO)[C@@H]2O[C@@H]2O[C@H](CO)[C@@H](O[C@H]3O[C@@H](C)[C@H](O)[C@@H](O)[C@H]3O)[C@H](O)[C@H]2O)(C(=O)O)C[C@@H]1O. The first-order valence-electron chi connectivity index (χ1n) is 18.6. The summed E-state index contributed by atoms with van der Waals surface area (Å²) >= 11 is 0. The number of aliphatic hydroxyl groups excluding tert-OH is 12. The van der Waals surface area contributed by atoms with Gasteiger partial charge in [-0.25, -0.2) is 4.79 Å². The molecule has 0 spiro atoms. The van der Waals surface area contributed by atoms with Gasteiger partial charge in [0.1, 0.15) is 85.5 Å². The number of aliphatic hydroxyl groups is 12. The Hall–Kier alpha value is -2.55. The molecule has 340 valence electrons. The topological polar surface area (TPSA) is 432 Å². The lowest BCUT2D eigenvalue weighted by Gasteiger charge is -2.51. The number of nitrogens with one attached hydrogen (secondary N) is 1. The van der Waals surface area contributed by atoms with E-state index in [-0.39, 0.29) is 19.6 Å². The van der Waals surface area contributed by atoms with Crippen molar-refractivity contribution in [2.24, 2.45) is 5.11 Å².